The molecule has 0 fully saturated rings. The number of aliphatic hydroxyl groups excluding tert-OH is 1. The molecule has 0 aliphatic heterocycles. The van der Waals surface area contributed by atoms with E-state index in [2.05, 4.69) is 0 Å². The van der Waals surface area contributed by atoms with Crippen LogP contribution in [0, 0.1) is 0 Å². The third-order valence-corrected chi connectivity index (χ3v) is 0. The Morgan fingerprint density at radius 2 is 1.43 bits per heavy atom. The maximum absolute atomic E-state index is 9.00. The SMILES string of the molecule is CC(=O)O.CO.P. The van der Waals surface area contributed by atoms with E-state index in [1.54, 1.807) is 0 Å². The summed E-state index contributed by atoms with van der Waals surface area (Å²) in [5.74, 6) is -0.833. The van der Waals surface area contributed by atoms with Gasteiger partial charge in [-0.1, -0.05) is 0 Å². The van der Waals surface area contributed by atoms with Crippen LogP contribution >= 0.6 is 9.90 Å². The topological polar surface area (TPSA) is 57.5 Å². The van der Waals surface area contributed by atoms with Crippen molar-refractivity contribution in [2.45, 2.75) is 6.92 Å². The second kappa shape index (κ2) is 16.9. The van der Waals surface area contributed by atoms with Crippen LogP contribution in [-0.4, -0.2) is 23.3 Å². The van der Waals surface area contributed by atoms with Crippen molar-refractivity contribution >= 4 is 15.9 Å². The van der Waals surface area contributed by atoms with Crippen LogP contribution in [0.4, 0.5) is 0 Å². The lowest BCUT2D eigenvalue weighted by Gasteiger charge is -1.59. The molecule has 7 heavy (non-hydrogen) atoms. The van der Waals surface area contributed by atoms with Crippen LogP contribution in [0.1, 0.15) is 6.92 Å². The molecule has 0 spiro atoms. The third kappa shape index (κ3) is 4450. The molecule has 2 N–H and O–H groups in total. The van der Waals surface area contributed by atoms with Crippen LogP contribution in [0.25, 0.3) is 0 Å². The Bertz CT molecular complexity index is 33.2. The molecule has 0 aromatic carbocycles. The van der Waals surface area contributed by atoms with Gasteiger partial charge >= 0.3 is 0 Å². The van der Waals surface area contributed by atoms with Gasteiger partial charge in [0.25, 0.3) is 5.97 Å². The minimum Gasteiger partial charge on any atom is -0.481 e. The van der Waals surface area contributed by atoms with Crippen molar-refractivity contribution in [1.29, 1.82) is 0 Å². The molecule has 0 aliphatic carbocycles. The maximum atomic E-state index is 9.00. The molecule has 46 valence electrons. The summed E-state index contributed by atoms with van der Waals surface area (Å²) in [4.78, 5) is 9.00. The van der Waals surface area contributed by atoms with Gasteiger partial charge < -0.3 is 10.2 Å². The molecule has 1 atom stereocenters. The van der Waals surface area contributed by atoms with Gasteiger partial charge in [-0.25, -0.2) is 0 Å². The van der Waals surface area contributed by atoms with Crippen LogP contribution < -0.4 is 0 Å². The van der Waals surface area contributed by atoms with Crippen LogP contribution in [0.2, 0.25) is 0 Å². The largest absolute Gasteiger partial charge is 0.481 e. The van der Waals surface area contributed by atoms with E-state index in [-0.39, 0.29) is 9.90 Å². The zero-order chi connectivity index (χ0) is 5.58. The van der Waals surface area contributed by atoms with Crippen LogP contribution in [-0.2, 0) is 4.79 Å². The van der Waals surface area contributed by atoms with E-state index < -0.39 is 5.97 Å². The standard InChI is InChI=1S/C2H4O2.CH4O.H3P/c1-2(3)4;1-2;/h1H3,(H,3,4);2H,1H3;1H3. The molecular formula is C3H11O3P. The highest BCUT2D eigenvalue weighted by molar-refractivity contribution is 6.92. The first-order chi connectivity index (χ1) is 2.73. The Morgan fingerprint density at radius 3 is 1.43 bits per heavy atom. The second-order valence-electron chi connectivity index (χ2n) is 0.519. The molecular weight excluding hydrogens is 115 g/mol. The predicted molar refractivity (Wildman–Crippen MR) is 32.6 cm³/mol. The number of aliphatic carboxylic acids is 1. The summed E-state index contributed by atoms with van der Waals surface area (Å²) < 4.78 is 0. The van der Waals surface area contributed by atoms with Crippen LogP contribution in [0.3, 0.4) is 0 Å². The molecule has 0 rings (SSSR count). The van der Waals surface area contributed by atoms with Gasteiger partial charge in [-0.3, -0.25) is 4.79 Å². The van der Waals surface area contributed by atoms with Crippen molar-refractivity contribution in [2.24, 2.45) is 0 Å². The predicted octanol–water partition coefficient (Wildman–Crippen LogP) is -0.243. The van der Waals surface area contributed by atoms with Gasteiger partial charge in [0, 0.05) is 14.0 Å². The van der Waals surface area contributed by atoms with E-state index in [1.165, 1.54) is 0 Å². The highest BCUT2D eigenvalue weighted by Gasteiger charge is 1.65. The molecule has 0 aromatic heterocycles. The summed E-state index contributed by atoms with van der Waals surface area (Å²) in [6.45, 7) is 1.08. The number of hydrogen-bond acceptors (Lipinski definition) is 2. The smallest absolute Gasteiger partial charge is 0.300 e. The van der Waals surface area contributed by atoms with Gasteiger partial charge in [-0.2, -0.15) is 9.90 Å². The number of aliphatic hydroxyl groups is 1. The molecule has 0 heterocycles. The fourth-order valence-corrected chi connectivity index (χ4v) is 0. The molecule has 3 nitrogen and oxygen atoms in total. The van der Waals surface area contributed by atoms with Gasteiger partial charge in [-0.15, -0.1) is 0 Å². The lowest BCUT2D eigenvalue weighted by atomic mass is 10.9. The molecule has 4 heteroatoms. The van der Waals surface area contributed by atoms with E-state index >= 15 is 0 Å². The molecule has 0 aromatic rings. The van der Waals surface area contributed by atoms with Crippen molar-refractivity contribution in [2.75, 3.05) is 7.11 Å². The van der Waals surface area contributed by atoms with E-state index in [9.17, 15) is 0 Å². The first-order valence-corrected chi connectivity index (χ1v) is 1.37. The summed E-state index contributed by atoms with van der Waals surface area (Å²) >= 11 is 0. The van der Waals surface area contributed by atoms with E-state index in [1.807, 2.05) is 0 Å². The summed E-state index contributed by atoms with van der Waals surface area (Å²) in [5.41, 5.74) is 0. The molecule has 0 saturated carbocycles. The minimum atomic E-state index is -0.833. The maximum Gasteiger partial charge on any atom is 0.300 e. The number of rotatable bonds is 0. The Morgan fingerprint density at radius 1 is 1.43 bits per heavy atom. The Kier molecular flexibility index (Phi) is 38.2. The average Bonchev–Trinajstić information content (AvgIpc) is 1.41. The average molecular weight is 126 g/mol. The van der Waals surface area contributed by atoms with Crippen LogP contribution in [0.5, 0.6) is 0 Å². The van der Waals surface area contributed by atoms with Crippen molar-refractivity contribution in [3.8, 4) is 0 Å². The van der Waals surface area contributed by atoms with Crippen molar-refractivity contribution in [3.05, 3.63) is 0 Å². The monoisotopic (exact) mass is 126 g/mol. The van der Waals surface area contributed by atoms with Crippen molar-refractivity contribution < 1.29 is 15.0 Å². The van der Waals surface area contributed by atoms with Gasteiger partial charge in [0.05, 0.1) is 0 Å². The number of carbonyl (C=O) groups is 1. The van der Waals surface area contributed by atoms with Crippen LogP contribution in [0.15, 0.2) is 0 Å². The first kappa shape index (κ1) is 15.8. The summed E-state index contributed by atoms with van der Waals surface area (Å²) in [5, 5.41) is 14.4. The molecule has 0 amide bonds. The lowest BCUT2D eigenvalue weighted by molar-refractivity contribution is -0.134. The summed E-state index contributed by atoms with van der Waals surface area (Å²) in [7, 11) is 1.00. The summed E-state index contributed by atoms with van der Waals surface area (Å²) in [6.07, 6.45) is 0. The highest BCUT2D eigenvalue weighted by Crippen LogP contribution is 1.42. The Hall–Kier alpha value is -0.140. The van der Waals surface area contributed by atoms with Crippen molar-refractivity contribution in [3.63, 3.8) is 0 Å². The van der Waals surface area contributed by atoms with Crippen molar-refractivity contribution in [1.82, 2.24) is 0 Å². The van der Waals surface area contributed by atoms with Gasteiger partial charge in [0.1, 0.15) is 0 Å². The Balaban J connectivity index is -0.0000000480. The van der Waals surface area contributed by atoms with Gasteiger partial charge in [-0.05, 0) is 0 Å². The minimum absolute atomic E-state index is 0. The normalized spacial score (nSPS) is 4.43. The second-order valence-corrected chi connectivity index (χ2v) is 0.519. The molecule has 0 aliphatic rings. The molecule has 1 unspecified atom stereocenters. The molecule has 0 saturated heterocycles. The summed E-state index contributed by atoms with van der Waals surface area (Å²) in [6, 6.07) is 0. The highest BCUT2D eigenvalue weighted by atomic mass is 31.0. The van der Waals surface area contributed by atoms with E-state index in [0.717, 1.165) is 14.0 Å². The Labute approximate surface area is 46.0 Å². The van der Waals surface area contributed by atoms with E-state index in [0.29, 0.717) is 0 Å². The number of carboxylic acids is 1. The van der Waals surface area contributed by atoms with E-state index in [4.69, 9.17) is 15.0 Å². The first-order valence-electron chi connectivity index (χ1n) is 1.37. The fraction of sp³-hybridized carbons (Fsp3) is 0.667. The zero-order valence-corrected chi connectivity index (χ0v) is 5.92. The zero-order valence-electron chi connectivity index (χ0n) is 4.51. The number of carboxylic acid groups (broad SMARTS) is 1. The van der Waals surface area contributed by atoms with Gasteiger partial charge in [0.15, 0.2) is 0 Å². The van der Waals surface area contributed by atoms with Gasteiger partial charge in [0.2, 0.25) is 0 Å². The molecule has 0 radical (unpaired) electrons. The molecule has 0 bridgehead atoms. The quantitative estimate of drug-likeness (QED) is 0.440. The number of hydrogen-bond donors (Lipinski definition) is 2. The lowest BCUT2D eigenvalue weighted by Crippen LogP contribution is -1.78. The fourth-order valence-electron chi connectivity index (χ4n) is 0. The third-order valence-electron chi connectivity index (χ3n) is 0.